The maximum Gasteiger partial charge on any atom is 0.315 e. The molecule has 0 atom stereocenters. The summed E-state index contributed by atoms with van der Waals surface area (Å²) in [6, 6.07) is 19.9. The number of fused-ring (bicyclic) bond motifs is 1. The molecule has 1 aromatic heterocycles. The van der Waals surface area contributed by atoms with Gasteiger partial charge >= 0.3 is 6.03 Å². The van der Waals surface area contributed by atoms with E-state index in [1.807, 2.05) is 12.1 Å². The molecule has 31 heavy (non-hydrogen) atoms. The van der Waals surface area contributed by atoms with E-state index in [0.717, 1.165) is 25.1 Å². The van der Waals surface area contributed by atoms with Crippen molar-refractivity contribution in [3.8, 4) is 0 Å². The van der Waals surface area contributed by atoms with Gasteiger partial charge in [0.15, 0.2) is 0 Å². The molecule has 0 bridgehead atoms. The van der Waals surface area contributed by atoms with Crippen LogP contribution in [0.25, 0.3) is 0 Å². The van der Waals surface area contributed by atoms with Crippen molar-refractivity contribution in [1.82, 2.24) is 16.0 Å². The third-order valence-electron chi connectivity index (χ3n) is 5.28. The normalized spacial score (nSPS) is 12.3. The highest BCUT2D eigenvalue weighted by Gasteiger charge is 2.18. The number of furan rings is 1. The van der Waals surface area contributed by atoms with Crippen molar-refractivity contribution >= 4 is 17.6 Å². The summed E-state index contributed by atoms with van der Waals surface area (Å²) in [5.41, 5.74) is 4.98. The number of amides is 3. The van der Waals surface area contributed by atoms with E-state index in [2.05, 4.69) is 57.2 Å². The first-order chi connectivity index (χ1) is 15.2. The van der Waals surface area contributed by atoms with E-state index in [4.69, 9.17) is 4.42 Å². The number of anilines is 1. The lowest BCUT2D eigenvalue weighted by atomic mass is 10.1. The zero-order valence-corrected chi connectivity index (χ0v) is 17.3. The Balaban J connectivity index is 1.17. The van der Waals surface area contributed by atoms with Gasteiger partial charge in [0, 0.05) is 25.3 Å². The number of hydrogen-bond donors (Lipinski definition) is 3. The number of rotatable bonds is 8. The lowest BCUT2D eigenvalue weighted by molar-refractivity contribution is -0.120. The fourth-order valence-corrected chi connectivity index (χ4v) is 3.62. The van der Waals surface area contributed by atoms with Gasteiger partial charge in [-0.15, -0.1) is 0 Å². The summed E-state index contributed by atoms with van der Waals surface area (Å²) in [6.07, 6.45) is 2.63. The highest BCUT2D eigenvalue weighted by Crippen LogP contribution is 2.28. The Hall–Kier alpha value is -3.74. The van der Waals surface area contributed by atoms with Crippen LogP contribution in [0.2, 0.25) is 0 Å². The smallest absolute Gasteiger partial charge is 0.315 e. The van der Waals surface area contributed by atoms with Crippen LogP contribution in [0.4, 0.5) is 10.5 Å². The number of carbonyl (C=O) groups is 2. The van der Waals surface area contributed by atoms with E-state index in [9.17, 15) is 9.59 Å². The zero-order chi connectivity index (χ0) is 21.5. The maximum absolute atomic E-state index is 12.0. The van der Waals surface area contributed by atoms with Gasteiger partial charge in [-0.3, -0.25) is 4.79 Å². The van der Waals surface area contributed by atoms with E-state index in [1.165, 1.54) is 16.8 Å². The van der Waals surface area contributed by atoms with Gasteiger partial charge in [-0.25, -0.2) is 4.79 Å². The summed E-state index contributed by atoms with van der Waals surface area (Å²) in [7, 11) is 0. The Morgan fingerprint density at radius 2 is 1.68 bits per heavy atom. The number of urea groups is 1. The van der Waals surface area contributed by atoms with Crippen LogP contribution in [0.1, 0.15) is 22.5 Å². The van der Waals surface area contributed by atoms with Gasteiger partial charge in [-0.1, -0.05) is 42.5 Å². The predicted octanol–water partition coefficient (Wildman–Crippen LogP) is 2.96. The molecule has 0 saturated heterocycles. The SMILES string of the molecule is O=C(CNC(=O)NCc1ccco1)NCc1ccc(CN2CCc3ccccc32)cc1. The number of carbonyl (C=O) groups excluding carboxylic acids is 2. The Labute approximate surface area is 181 Å². The Morgan fingerprint density at radius 3 is 2.48 bits per heavy atom. The van der Waals surface area contributed by atoms with E-state index in [1.54, 1.807) is 18.4 Å². The first-order valence-electron chi connectivity index (χ1n) is 10.4. The molecular formula is C24H26N4O3. The highest BCUT2D eigenvalue weighted by molar-refractivity contribution is 5.83. The van der Waals surface area contributed by atoms with Crippen LogP contribution in [0.5, 0.6) is 0 Å². The largest absolute Gasteiger partial charge is 0.467 e. The topological polar surface area (TPSA) is 86.6 Å². The van der Waals surface area contributed by atoms with Gasteiger partial charge in [-0.05, 0) is 41.3 Å². The van der Waals surface area contributed by atoms with Crippen LogP contribution < -0.4 is 20.9 Å². The van der Waals surface area contributed by atoms with E-state index >= 15 is 0 Å². The predicted molar refractivity (Wildman–Crippen MR) is 118 cm³/mol. The molecule has 1 aliphatic rings. The van der Waals surface area contributed by atoms with Gasteiger partial charge in [-0.2, -0.15) is 0 Å². The van der Waals surface area contributed by atoms with Gasteiger partial charge < -0.3 is 25.3 Å². The molecule has 3 amide bonds. The molecule has 0 unspecified atom stereocenters. The van der Waals surface area contributed by atoms with Crippen molar-refractivity contribution in [2.24, 2.45) is 0 Å². The molecule has 2 aromatic carbocycles. The quantitative estimate of drug-likeness (QED) is 0.525. The summed E-state index contributed by atoms with van der Waals surface area (Å²) in [4.78, 5) is 26.1. The van der Waals surface area contributed by atoms with Gasteiger partial charge in [0.25, 0.3) is 0 Å². The summed E-state index contributed by atoms with van der Waals surface area (Å²) >= 11 is 0. The summed E-state index contributed by atoms with van der Waals surface area (Å²) in [5.74, 6) is 0.405. The highest BCUT2D eigenvalue weighted by atomic mass is 16.3. The van der Waals surface area contributed by atoms with Crippen LogP contribution in [0.15, 0.2) is 71.3 Å². The Morgan fingerprint density at radius 1 is 0.871 bits per heavy atom. The summed E-state index contributed by atoms with van der Waals surface area (Å²) < 4.78 is 5.13. The van der Waals surface area contributed by atoms with E-state index < -0.39 is 6.03 Å². The second-order valence-corrected chi connectivity index (χ2v) is 7.51. The van der Waals surface area contributed by atoms with E-state index in [0.29, 0.717) is 12.3 Å². The number of nitrogens with zero attached hydrogens (tertiary/aromatic N) is 1. The number of para-hydroxylation sites is 1. The zero-order valence-electron chi connectivity index (χ0n) is 17.3. The number of hydrogen-bond acceptors (Lipinski definition) is 4. The fraction of sp³-hybridized carbons (Fsp3) is 0.250. The number of nitrogens with one attached hydrogen (secondary N) is 3. The van der Waals surface area contributed by atoms with Gasteiger partial charge in [0.1, 0.15) is 5.76 Å². The lowest BCUT2D eigenvalue weighted by Crippen LogP contribution is -2.41. The molecule has 2 heterocycles. The van der Waals surface area contributed by atoms with Crippen molar-refractivity contribution in [2.75, 3.05) is 18.0 Å². The Bertz CT molecular complexity index is 1020. The summed E-state index contributed by atoms with van der Waals surface area (Å²) in [5, 5.41) is 7.98. The van der Waals surface area contributed by atoms with Crippen molar-refractivity contribution in [1.29, 1.82) is 0 Å². The molecule has 0 radical (unpaired) electrons. The number of benzene rings is 2. The third-order valence-corrected chi connectivity index (χ3v) is 5.28. The molecule has 160 valence electrons. The molecular weight excluding hydrogens is 392 g/mol. The third kappa shape index (κ3) is 5.66. The minimum Gasteiger partial charge on any atom is -0.467 e. The van der Waals surface area contributed by atoms with E-state index in [-0.39, 0.29) is 19.0 Å². The fourth-order valence-electron chi connectivity index (χ4n) is 3.62. The molecule has 0 aliphatic carbocycles. The van der Waals surface area contributed by atoms with Crippen LogP contribution in [0.3, 0.4) is 0 Å². The second-order valence-electron chi connectivity index (χ2n) is 7.51. The molecule has 0 spiro atoms. The second kappa shape index (κ2) is 9.84. The van der Waals surface area contributed by atoms with Crippen molar-refractivity contribution < 1.29 is 14.0 Å². The molecule has 7 heteroatoms. The van der Waals surface area contributed by atoms with Crippen LogP contribution in [-0.4, -0.2) is 25.0 Å². The minimum absolute atomic E-state index is 0.0869. The van der Waals surface area contributed by atoms with Crippen LogP contribution >= 0.6 is 0 Å². The first kappa shape index (κ1) is 20.5. The lowest BCUT2D eigenvalue weighted by Gasteiger charge is -2.19. The molecule has 0 fully saturated rings. The van der Waals surface area contributed by atoms with Crippen molar-refractivity contribution in [2.45, 2.75) is 26.1 Å². The molecule has 4 rings (SSSR count). The standard InChI is InChI=1S/C24H26N4O3/c29-23(16-27-24(30)26-15-21-5-3-13-31-21)25-14-18-7-9-19(10-8-18)17-28-12-11-20-4-1-2-6-22(20)28/h1-10,13H,11-12,14-17H2,(H,25,29)(H2,26,27,30). The molecule has 3 N–H and O–H groups in total. The van der Waals surface area contributed by atoms with Gasteiger partial charge in [0.05, 0.1) is 19.4 Å². The van der Waals surface area contributed by atoms with Crippen LogP contribution in [0, 0.1) is 0 Å². The summed E-state index contributed by atoms with van der Waals surface area (Å²) in [6.45, 7) is 2.52. The minimum atomic E-state index is -0.417. The molecule has 3 aromatic rings. The van der Waals surface area contributed by atoms with Crippen LogP contribution in [-0.2, 0) is 30.8 Å². The van der Waals surface area contributed by atoms with Crippen molar-refractivity contribution in [3.05, 3.63) is 89.4 Å². The molecule has 0 saturated carbocycles. The monoisotopic (exact) mass is 418 g/mol. The molecule has 7 nitrogen and oxygen atoms in total. The Kier molecular flexibility index (Phi) is 6.52. The average molecular weight is 418 g/mol. The maximum atomic E-state index is 12.0. The van der Waals surface area contributed by atoms with Crippen molar-refractivity contribution in [3.63, 3.8) is 0 Å². The average Bonchev–Trinajstić information content (AvgIpc) is 3.46. The molecule has 1 aliphatic heterocycles. The van der Waals surface area contributed by atoms with Gasteiger partial charge in [0.2, 0.25) is 5.91 Å². The first-order valence-corrected chi connectivity index (χ1v) is 10.4.